The van der Waals surface area contributed by atoms with Gasteiger partial charge >= 0.3 is 0 Å². The van der Waals surface area contributed by atoms with Gasteiger partial charge in [0.1, 0.15) is 10.4 Å². The van der Waals surface area contributed by atoms with Gasteiger partial charge in [-0.1, -0.05) is 0 Å². The number of likely N-dealkylation sites (tertiary alicyclic amines) is 1. The molecule has 1 aliphatic rings. The Bertz CT molecular complexity index is 427. The molecule has 0 aliphatic carbocycles. The van der Waals surface area contributed by atoms with E-state index in [1.54, 1.807) is 18.0 Å². The van der Waals surface area contributed by atoms with Gasteiger partial charge in [0.2, 0.25) is 11.9 Å². The van der Waals surface area contributed by atoms with Crippen LogP contribution in [0.4, 0.5) is 11.8 Å². The van der Waals surface area contributed by atoms with Crippen molar-refractivity contribution in [1.82, 2.24) is 14.9 Å². The number of nitrogens with two attached hydrogens (primary N) is 1. The molecule has 1 aromatic heterocycles. The second-order valence-electron chi connectivity index (χ2n) is 4.36. The van der Waals surface area contributed by atoms with Crippen LogP contribution in [0.3, 0.4) is 0 Å². The van der Waals surface area contributed by atoms with Gasteiger partial charge in [-0.05, 0) is 28.8 Å². The molecule has 0 saturated carbocycles. The summed E-state index contributed by atoms with van der Waals surface area (Å²) in [5.74, 6) is 0.943. The minimum atomic E-state index is 0.108. The second-order valence-corrected chi connectivity index (χ2v) is 5.17. The molecule has 1 fully saturated rings. The summed E-state index contributed by atoms with van der Waals surface area (Å²) < 4.78 is 0.616. The van der Waals surface area contributed by atoms with Crippen LogP contribution in [0.2, 0.25) is 0 Å². The molecule has 1 aliphatic heterocycles. The number of rotatable bonds is 3. The van der Waals surface area contributed by atoms with Crippen LogP contribution in [0, 0.1) is 0 Å². The van der Waals surface area contributed by atoms with Crippen LogP contribution in [0.15, 0.2) is 10.7 Å². The molecule has 0 radical (unpaired) electrons. The van der Waals surface area contributed by atoms with E-state index in [1.165, 1.54) is 0 Å². The van der Waals surface area contributed by atoms with Crippen molar-refractivity contribution in [2.24, 2.45) is 0 Å². The molecule has 0 spiro atoms. The van der Waals surface area contributed by atoms with Gasteiger partial charge in [-0.15, -0.1) is 0 Å². The Labute approximate surface area is 114 Å². The molecule has 1 amide bonds. The number of anilines is 2. The number of carbonyl (C=O) groups excluding carboxylic acids is 1. The Morgan fingerprint density at radius 3 is 2.78 bits per heavy atom. The first-order valence-corrected chi connectivity index (χ1v) is 6.64. The predicted octanol–water partition coefficient (Wildman–Crippen LogP) is 0.880. The van der Waals surface area contributed by atoms with E-state index in [1.807, 2.05) is 4.90 Å². The van der Waals surface area contributed by atoms with E-state index in [2.05, 4.69) is 25.9 Å². The summed E-state index contributed by atoms with van der Waals surface area (Å²) in [4.78, 5) is 23.9. The summed E-state index contributed by atoms with van der Waals surface area (Å²) in [6.45, 7) is 1.98. The average molecular weight is 314 g/mol. The molecule has 2 rings (SSSR count). The van der Waals surface area contributed by atoms with Crippen LogP contribution >= 0.6 is 15.9 Å². The van der Waals surface area contributed by atoms with E-state index < -0.39 is 0 Å². The smallest absolute Gasteiger partial charge is 0.242 e. The topological polar surface area (TPSA) is 75.4 Å². The van der Waals surface area contributed by atoms with Crippen LogP contribution in [0.1, 0.15) is 12.8 Å². The van der Waals surface area contributed by atoms with E-state index in [9.17, 15) is 4.79 Å². The zero-order chi connectivity index (χ0) is 13.1. The van der Waals surface area contributed by atoms with Crippen LogP contribution in [0.25, 0.3) is 0 Å². The van der Waals surface area contributed by atoms with Crippen LogP contribution in [-0.4, -0.2) is 47.5 Å². The van der Waals surface area contributed by atoms with Gasteiger partial charge < -0.3 is 15.5 Å². The van der Waals surface area contributed by atoms with E-state index >= 15 is 0 Å². The fourth-order valence-electron chi connectivity index (χ4n) is 1.93. The highest BCUT2D eigenvalue weighted by Gasteiger charge is 2.20. The third kappa shape index (κ3) is 3.10. The largest absolute Gasteiger partial charge is 0.383 e. The third-order valence-corrected chi connectivity index (χ3v) is 3.28. The second kappa shape index (κ2) is 5.51. The van der Waals surface area contributed by atoms with Crippen molar-refractivity contribution in [3.63, 3.8) is 0 Å². The summed E-state index contributed by atoms with van der Waals surface area (Å²) in [6.07, 6.45) is 2.19. The molecule has 0 atom stereocenters. The van der Waals surface area contributed by atoms with Crippen molar-refractivity contribution < 1.29 is 4.79 Å². The van der Waals surface area contributed by atoms with Crippen molar-refractivity contribution in [2.75, 3.05) is 37.3 Å². The fourth-order valence-corrected chi connectivity index (χ4v) is 2.33. The SMILES string of the molecule is CN(CC(=O)N1CCCC1)c1nc(N)cc(Br)n1. The van der Waals surface area contributed by atoms with Crippen molar-refractivity contribution >= 4 is 33.6 Å². The lowest BCUT2D eigenvalue weighted by molar-refractivity contribution is -0.128. The summed E-state index contributed by atoms with van der Waals surface area (Å²) in [6, 6.07) is 1.62. The van der Waals surface area contributed by atoms with Gasteiger partial charge in [0.05, 0.1) is 6.54 Å². The van der Waals surface area contributed by atoms with E-state index in [0.717, 1.165) is 25.9 Å². The molecule has 0 aromatic carbocycles. The minimum Gasteiger partial charge on any atom is -0.383 e. The molecule has 7 heteroatoms. The Morgan fingerprint density at radius 1 is 1.50 bits per heavy atom. The zero-order valence-electron chi connectivity index (χ0n) is 10.3. The highest BCUT2D eigenvalue weighted by molar-refractivity contribution is 9.10. The number of hydrogen-bond acceptors (Lipinski definition) is 5. The lowest BCUT2D eigenvalue weighted by Gasteiger charge is -2.21. The van der Waals surface area contributed by atoms with E-state index in [-0.39, 0.29) is 12.5 Å². The number of aromatic nitrogens is 2. The van der Waals surface area contributed by atoms with E-state index in [0.29, 0.717) is 16.4 Å². The van der Waals surface area contributed by atoms with E-state index in [4.69, 9.17) is 5.73 Å². The number of likely N-dealkylation sites (N-methyl/N-ethyl adjacent to an activating group) is 1. The Kier molecular flexibility index (Phi) is 4.00. The number of halogens is 1. The van der Waals surface area contributed by atoms with Gasteiger partial charge in [-0.25, -0.2) is 4.98 Å². The Morgan fingerprint density at radius 2 is 2.17 bits per heavy atom. The molecule has 6 nitrogen and oxygen atoms in total. The first kappa shape index (κ1) is 13.1. The maximum atomic E-state index is 12.0. The van der Waals surface area contributed by atoms with Gasteiger partial charge in [-0.2, -0.15) is 4.98 Å². The van der Waals surface area contributed by atoms with Crippen LogP contribution < -0.4 is 10.6 Å². The lowest BCUT2D eigenvalue weighted by Crippen LogP contribution is -2.37. The standard InChI is InChI=1S/C11H16BrN5O/c1-16(7-10(18)17-4-2-3-5-17)11-14-8(12)6-9(13)15-11/h6H,2-5,7H2,1H3,(H2,13,14,15). The monoisotopic (exact) mass is 313 g/mol. The zero-order valence-corrected chi connectivity index (χ0v) is 11.9. The quantitative estimate of drug-likeness (QED) is 0.838. The number of nitrogen functional groups attached to an aromatic ring is 1. The summed E-state index contributed by atoms with van der Waals surface area (Å²) >= 11 is 3.26. The first-order chi connectivity index (χ1) is 8.56. The van der Waals surface area contributed by atoms with Gasteiger partial charge in [-0.3, -0.25) is 4.79 Å². The molecule has 1 saturated heterocycles. The molecular formula is C11H16BrN5O. The molecule has 98 valence electrons. The van der Waals surface area contributed by atoms with Crippen LogP contribution in [-0.2, 0) is 4.79 Å². The Hall–Kier alpha value is -1.37. The highest BCUT2D eigenvalue weighted by atomic mass is 79.9. The van der Waals surface area contributed by atoms with Gasteiger partial charge in [0.15, 0.2) is 0 Å². The molecule has 2 N–H and O–H groups in total. The fraction of sp³-hybridized carbons (Fsp3) is 0.545. The molecule has 0 unspecified atom stereocenters. The molecule has 0 bridgehead atoms. The van der Waals surface area contributed by atoms with Gasteiger partial charge in [0.25, 0.3) is 0 Å². The molecule has 18 heavy (non-hydrogen) atoms. The summed E-state index contributed by atoms with van der Waals surface area (Å²) in [7, 11) is 1.79. The number of hydrogen-bond donors (Lipinski definition) is 1. The summed E-state index contributed by atoms with van der Waals surface area (Å²) in [5, 5.41) is 0. The Balaban J connectivity index is 2.02. The number of carbonyl (C=O) groups is 1. The number of amides is 1. The molecule has 2 heterocycles. The maximum absolute atomic E-state index is 12.0. The predicted molar refractivity (Wildman–Crippen MR) is 73.2 cm³/mol. The maximum Gasteiger partial charge on any atom is 0.242 e. The van der Waals surface area contributed by atoms with Crippen molar-refractivity contribution in [3.05, 3.63) is 10.7 Å². The van der Waals surface area contributed by atoms with Crippen LogP contribution in [0.5, 0.6) is 0 Å². The van der Waals surface area contributed by atoms with Crippen molar-refractivity contribution in [3.8, 4) is 0 Å². The summed E-state index contributed by atoms with van der Waals surface area (Å²) in [5.41, 5.74) is 5.65. The van der Waals surface area contributed by atoms with Crippen molar-refractivity contribution in [2.45, 2.75) is 12.8 Å². The minimum absolute atomic E-state index is 0.108. The van der Waals surface area contributed by atoms with Gasteiger partial charge in [0, 0.05) is 26.2 Å². The highest BCUT2D eigenvalue weighted by Crippen LogP contribution is 2.15. The lowest BCUT2D eigenvalue weighted by atomic mass is 10.4. The molecule has 1 aromatic rings. The average Bonchev–Trinajstić information content (AvgIpc) is 2.80. The van der Waals surface area contributed by atoms with Crippen molar-refractivity contribution in [1.29, 1.82) is 0 Å². The normalized spacial score (nSPS) is 14.9. The number of nitrogens with zero attached hydrogens (tertiary/aromatic N) is 4. The molecular weight excluding hydrogens is 298 g/mol. The first-order valence-electron chi connectivity index (χ1n) is 5.85. The third-order valence-electron chi connectivity index (χ3n) is 2.88.